The molecule has 1 amide bonds. The lowest BCUT2D eigenvalue weighted by Crippen LogP contribution is -2.61. The Hall–Kier alpha value is -3.07. The van der Waals surface area contributed by atoms with Gasteiger partial charge in [0, 0.05) is 17.5 Å². The average Bonchev–Trinajstić information content (AvgIpc) is 2.98. The number of carbonyl (C=O) groups is 1. The Kier molecular flexibility index (Phi) is 9.62. The smallest absolute Gasteiger partial charge is 0.249 e. The largest absolute Gasteiger partial charge is 0.362 e. The second kappa shape index (κ2) is 13.5. The van der Waals surface area contributed by atoms with Crippen LogP contribution in [0.1, 0.15) is 43.8 Å². The van der Waals surface area contributed by atoms with E-state index >= 15 is 0 Å². The lowest BCUT2D eigenvalue weighted by Gasteiger charge is -2.49. The van der Waals surface area contributed by atoms with E-state index < -0.39 is 37.0 Å². The number of carbonyl (C=O) groups excluding carboxylic acids is 1. The molecule has 0 bridgehead atoms. The summed E-state index contributed by atoms with van der Waals surface area (Å²) in [5, 5.41) is 3.11. The maximum atomic E-state index is 13.2. The van der Waals surface area contributed by atoms with Gasteiger partial charge in [-0.25, -0.2) is 0 Å². The molecule has 5 rings (SSSR count). The third-order valence-corrected chi connectivity index (χ3v) is 7.47. The van der Waals surface area contributed by atoms with Gasteiger partial charge < -0.3 is 29.0 Å². The van der Waals surface area contributed by atoms with Gasteiger partial charge in [0.15, 0.2) is 12.6 Å². The van der Waals surface area contributed by atoms with E-state index in [9.17, 15) is 4.79 Å². The lowest BCUT2D eigenvalue weighted by molar-refractivity contribution is -0.359. The summed E-state index contributed by atoms with van der Waals surface area (Å²) in [6.45, 7) is 6.55. The average molecular weight is 546 g/mol. The Morgan fingerprint density at radius 3 is 2.20 bits per heavy atom. The molecule has 2 aliphatic heterocycles. The molecule has 3 aromatic rings. The van der Waals surface area contributed by atoms with Gasteiger partial charge in [0.2, 0.25) is 5.91 Å². The Morgan fingerprint density at radius 2 is 1.52 bits per heavy atom. The van der Waals surface area contributed by atoms with Crippen LogP contribution in [0.2, 0.25) is 0 Å². The van der Waals surface area contributed by atoms with Crippen molar-refractivity contribution in [1.82, 2.24) is 5.32 Å². The second-order valence-corrected chi connectivity index (χ2v) is 10.7. The summed E-state index contributed by atoms with van der Waals surface area (Å²) in [5.41, 5.74) is 3.15. The van der Waals surface area contributed by atoms with E-state index in [1.165, 1.54) is 5.56 Å². The summed E-state index contributed by atoms with van der Waals surface area (Å²) < 4.78 is 31.6. The SMILES string of the molecule is CC1[C@@H](OCc2ccccc2)OC2COC(c3ccccc3)O[C@H]2[C@@H]1O[C@@H](C)C(=O)N[C@@H](C)Cc1ccccc1. The molecule has 2 aliphatic rings. The van der Waals surface area contributed by atoms with E-state index in [2.05, 4.69) is 17.4 Å². The highest BCUT2D eigenvalue weighted by atomic mass is 16.7. The normalized spacial score (nSPS) is 27.8. The number of benzene rings is 3. The van der Waals surface area contributed by atoms with Gasteiger partial charge in [0.1, 0.15) is 18.3 Å². The summed E-state index contributed by atoms with van der Waals surface area (Å²) in [5.74, 6) is -0.358. The Morgan fingerprint density at radius 1 is 0.900 bits per heavy atom. The molecule has 0 saturated carbocycles. The summed E-state index contributed by atoms with van der Waals surface area (Å²) in [7, 11) is 0. The Balaban J connectivity index is 1.28. The van der Waals surface area contributed by atoms with Gasteiger partial charge in [-0.1, -0.05) is 97.9 Å². The van der Waals surface area contributed by atoms with Crippen molar-refractivity contribution >= 4 is 5.91 Å². The number of amides is 1. The Bertz CT molecular complexity index is 1190. The first-order chi connectivity index (χ1) is 19.5. The van der Waals surface area contributed by atoms with E-state index in [1.807, 2.05) is 92.7 Å². The first kappa shape index (κ1) is 28.5. The molecule has 3 aromatic carbocycles. The van der Waals surface area contributed by atoms with Gasteiger partial charge in [-0.3, -0.25) is 4.79 Å². The fourth-order valence-electron chi connectivity index (χ4n) is 5.31. The number of rotatable bonds is 10. The molecular weight excluding hydrogens is 506 g/mol. The summed E-state index contributed by atoms with van der Waals surface area (Å²) in [4.78, 5) is 13.2. The topological polar surface area (TPSA) is 75.2 Å². The predicted molar refractivity (Wildman–Crippen MR) is 151 cm³/mol. The maximum Gasteiger partial charge on any atom is 0.249 e. The molecule has 3 unspecified atom stereocenters. The van der Waals surface area contributed by atoms with Crippen LogP contribution in [0, 0.1) is 5.92 Å². The summed E-state index contributed by atoms with van der Waals surface area (Å²) in [6.07, 6.45) is -2.30. The number of hydrogen-bond donors (Lipinski definition) is 1. The molecule has 7 nitrogen and oxygen atoms in total. The van der Waals surface area contributed by atoms with Crippen molar-refractivity contribution in [1.29, 1.82) is 0 Å². The van der Waals surface area contributed by atoms with Crippen LogP contribution < -0.4 is 5.32 Å². The van der Waals surface area contributed by atoms with Gasteiger partial charge in [-0.05, 0) is 31.4 Å². The number of nitrogens with one attached hydrogen (secondary N) is 1. The number of hydrogen-bond acceptors (Lipinski definition) is 6. The molecule has 40 heavy (non-hydrogen) atoms. The van der Waals surface area contributed by atoms with Crippen LogP contribution in [-0.2, 0) is 41.5 Å². The zero-order valence-electron chi connectivity index (χ0n) is 23.3. The monoisotopic (exact) mass is 545 g/mol. The van der Waals surface area contributed by atoms with Crippen LogP contribution >= 0.6 is 0 Å². The number of ether oxygens (including phenoxy) is 5. The van der Waals surface area contributed by atoms with Crippen LogP contribution in [0.25, 0.3) is 0 Å². The van der Waals surface area contributed by atoms with Crippen molar-refractivity contribution in [2.75, 3.05) is 6.61 Å². The molecule has 2 saturated heterocycles. The van der Waals surface area contributed by atoms with Crippen LogP contribution in [0.5, 0.6) is 0 Å². The quantitative estimate of drug-likeness (QED) is 0.378. The summed E-state index contributed by atoms with van der Waals surface area (Å²) in [6, 6.07) is 29.9. The zero-order valence-corrected chi connectivity index (χ0v) is 23.3. The van der Waals surface area contributed by atoms with Gasteiger partial charge >= 0.3 is 0 Å². The number of fused-ring (bicyclic) bond motifs is 1. The van der Waals surface area contributed by atoms with Crippen molar-refractivity contribution < 1.29 is 28.5 Å². The lowest BCUT2D eigenvalue weighted by atomic mass is 9.91. The van der Waals surface area contributed by atoms with Crippen LogP contribution in [0.4, 0.5) is 0 Å². The minimum absolute atomic E-state index is 0.0374. The first-order valence-corrected chi connectivity index (χ1v) is 14.1. The highest BCUT2D eigenvalue weighted by molar-refractivity contribution is 5.80. The van der Waals surface area contributed by atoms with Crippen molar-refractivity contribution in [3.8, 4) is 0 Å². The predicted octanol–water partition coefficient (Wildman–Crippen LogP) is 5.20. The van der Waals surface area contributed by atoms with E-state index in [0.717, 1.165) is 17.5 Å². The first-order valence-electron chi connectivity index (χ1n) is 14.1. The standard InChI is InChI=1S/C33H39NO6/c1-22(19-25-13-7-4-8-14-25)34-31(35)24(3)38-29-23(2)32(36-20-26-15-9-5-10-16-26)39-28-21-37-33(40-30(28)29)27-17-11-6-12-18-27/h4-18,22-24,28-30,32-33H,19-21H2,1-3H3,(H,34,35)/t22-,23?,24-,28?,29+,30+,32-,33?/m0/s1. The third-order valence-electron chi connectivity index (χ3n) is 7.47. The third kappa shape index (κ3) is 7.16. The second-order valence-electron chi connectivity index (χ2n) is 10.7. The van der Waals surface area contributed by atoms with E-state index in [0.29, 0.717) is 13.2 Å². The van der Waals surface area contributed by atoms with E-state index in [1.54, 1.807) is 6.92 Å². The molecule has 0 radical (unpaired) electrons. The molecule has 2 heterocycles. The van der Waals surface area contributed by atoms with Crippen LogP contribution in [-0.4, -0.2) is 49.3 Å². The van der Waals surface area contributed by atoms with Crippen LogP contribution in [0.3, 0.4) is 0 Å². The minimum Gasteiger partial charge on any atom is -0.362 e. The van der Waals surface area contributed by atoms with Crippen LogP contribution in [0.15, 0.2) is 91.0 Å². The van der Waals surface area contributed by atoms with Gasteiger partial charge in [-0.2, -0.15) is 0 Å². The molecular formula is C33H39NO6. The molecule has 8 atom stereocenters. The molecule has 0 aromatic heterocycles. The van der Waals surface area contributed by atoms with Gasteiger partial charge in [0.05, 0.1) is 19.3 Å². The van der Waals surface area contributed by atoms with Gasteiger partial charge in [-0.15, -0.1) is 0 Å². The molecule has 0 spiro atoms. The Labute approximate surface area is 236 Å². The fraction of sp³-hybridized carbons (Fsp3) is 0.424. The molecule has 0 aliphatic carbocycles. The summed E-state index contributed by atoms with van der Waals surface area (Å²) >= 11 is 0. The van der Waals surface area contributed by atoms with Crippen molar-refractivity contribution in [3.05, 3.63) is 108 Å². The fourth-order valence-corrected chi connectivity index (χ4v) is 5.31. The van der Waals surface area contributed by atoms with Gasteiger partial charge in [0.25, 0.3) is 0 Å². The minimum atomic E-state index is -0.694. The van der Waals surface area contributed by atoms with E-state index in [4.69, 9.17) is 23.7 Å². The maximum absolute atomic E-state index is 13.2. The van der Waals surface area contributed by atoms with Crippen molar-refractivity contribution in [3.63, 3.8) is 0 Å². The highest BCUT2D eigenvalue weighted by Gasteiger charge is 2.50. The highest BCUT2D eigenvalue weighted by Crippen LogP contribution is 2.38. The molecule has 212 valence electrons. The zero-order chi connectivity index (χ0) is 27.9. The molecule has 1 N–H and O–H groups in total. The van der Waals surface area contributed by atoms with Crippen molar-refractivity contribution in [2.24, 2.45) is 5.92 Å². The molecule has 2 fully saturated rings. The van der Waals surface area contributed by atoms with E-state index in [-0.39, 0.29) is 17.9 Å². The van der Waals surface area contributed by atoms with Crippen molar-refractivity contribution in [2.45, 2.75) is 76.8 Å². The molecule has 7 heteroatoms.